The highest BCUT2D eigenvalue weighted by Crippen LogP contribution is 2.56. The summed E-state index contributed by atoms with van der Waals surface area (Å²) >= 11 is 0. The lowest BCUT2D eigenvalue weighted by Gasteiger charge is -2.67. The second kappa shape index (κ2) is 2.27. The summed E-state index contributed by atoms with van der Waals surface area (Å²) < 4.78 is 0. The van der Waals surface area contributed by atoms with Crippen LogP contribution in [-0.4, -0.2) is 52.3 Å². The van der Waals surface area contributed by atoms with Crippen molar-refractivity contribution >= 4 is 0 Å². The molecule has 3 nitrogen and oxygen atoms in total. The van der Waals surface area contributed by atoms with Gasteiger partial charge < -0.3 is 5.11 Å². The Bertz CT molecular complexity index is 245. The van der Waals surface area contributed by atoms with Gasteiger partial charge in [-0.1, -0.05) is 6.92 Å². The predicted octanol–water partition coefficient (Wildman–Crippen LogP) is 0.103. The van der Waals surface area contributed by atoms with Gasteiger partial charge in [0.05, 0.1) is 12.3 Å². The molecular weight excluding hydrogens is 164 g/mol. The number of aliphatic hydroxyl groups is 1. The zero-order valence-electron chi connectivity index (χ0n) is 8.40. The molecule has 0 radical (unpaired) electrons. The minimum atomic E-state index is 0.329. The molecule has 0 bridgehead atoms. The first-order valence-corrected chi connectivity index (χ1v) is 5.36. The Labute approximate surface area is 79.3 Å². The van der Waals surface area contributed by atoms with Gasteiger partial charge in [-0.2, -0.15) is 0 Å². The van der Waals surface area contributed by atoms with Crippen LogP contribution in [0, 0.1) is 5.92 Å². The fourth-order valence-corrected chi connectivity index (χ4v) is 3.83. The molecule has 0 aromatic carbocycles. The van der Waals surface area contributed by atoms with E-state index < -0.39 is 0 Å². The lowest BCUT2D eigenvalue weighted by Crippen LogP contribution is -2.79. The fraction of sp³-hybridized carbons (Fsp3) is 1.00. The van der Waals surface area contributed by atoms with Crippen LogP contribution in [0.25, 0.3) is 0 Å². The largest absolute Gasteiger partial charge is 0.395 e. The SMILES string of the molecule is CC1C(C)C23CCN2CC(CO)N13. The fourth-order valence-electron chi connectivity index (χ4n) is 3.83. The molecule has 0 aromatic rings. The number of nitrogens with zero attached hydrogens (tertiary/aromatic N) is 2. The zero-order valence-corrected chi connectivity index (χ0v) is 8.40. The predicted molar refractivity (Wildman–Crippen MR) is 50.3 cm³/mol. The van der Waals surface area contributed by atoms with Gasteiger partial charge in [0.1, 0.15) is 0 Å². The third-order valence-electron chi connectivity index (χ3n) is 4.67. The van der Waals surface area contributed by atoms with E-state index in [9.17, 15) is 5.11 Å². The van der Waals surface area contributed by atoms with Crippen molar-refractivity contribution in [2.24, 2.45) is 5.92 Å². The Morgan fingerprint density at radius 2 is 2.23 bits per heavy atom. The lowest BCUT2D eigenvalue weighted by molar-refractivity contribution is -0.226. The molecule has 0 saturated carbocycles. The van der Waals surface area contributed by atoms with Crippen LogP contribution in [-0.2, 0) is 0 Å². The molecule has 13 heavy (non-hydrogen) atoms. The second-order valence-electron chi connectivity index (χ2n) is 4.85. The number of hydrogen-bond acceptors (Lipinski definition) is 3. The van der Waals surface area contributed by atoms with E-state index in [0.717, 1.165) is 12.5 Å². The first kappa shape index (κ1) is 8.21. The summed E-state index contributed by atoms with van der Waals surface area (Å²) in [5.41, 5.74) is 0.382. The Kier molecular flexibility index (Phi) is 1.43. The molecule has 3 rings (SSSR count). The van der Waals surface area contributed by atoms with Crippen LogP contribution in [0.4, 0.5) is 0 Å². The average Bonchev–Trinajstić information content (AvgIpc) is 2.32. The Morgan fingerprint density at radius 1 is 1.46 bits per heavy atom. The molecule has 0 aromatic heterocycles. The molecule has 74 valence electrons. The topological polar surface area (TPSA) is 26.7 Å². The summed E-state index contributed by atoms with van der Waals surface area (Å²) in [5.74, 6) is 0.790. The highest BCUT2D eigenvalue weighted by Gasteiger charge is 2.69. The van der Waals surface area contributed by atoms with Gasteiger partial charge in [-0.05, 0) is 13.3 Å². The Morgan fingerprint density at radius 3 is 2.77 bits per heavy atom. The van der Waals surface area contributed by atoms with Crippen molar-refractivity contribution in [3.63, 3.8) is 0 Å². The normalized spacial score (nSPS) is 55.2. The van der Waals surface area contributed by atoms with E-state index in [1.54, 1.807) is 0 Å². The van der Waals surface area contributed by atoms with Crippen LogP contribution in [0.5, 0.6) is 0 Å². The van der Waals surface area contributed by atoms with Gasteiger partial charge in [-0.3, -0.25) is 9.80 Å². The molecule has 1 N–H and O–H groups in total. The van der Waals surface area contributed by atoms with Gasteiger partial charge in [-0.15, -0.1) is 0 Å². The number of hydrogen-bond donors (Lipinski definition) is 1. The van der Waals surface area contributed by atoms with Gasteiger partial charge in [0.2, 0.25) is 0 Å². The molecule has 3 saturated heterocycles. The van der Waals surface area contributed by atoms with E-state index in [-0.39, 0.29) is 0 Å². The molecule has 3 aliphatic heterocycles. The molecule has 3 aliphatic rings. The minimum Gasteiger partial charge on any atom is -0.395 e. The standard InChI is InChI=1S/C10H18N2O/c1-7-8(2)12-9(6-13)5-11-4-3-10(7,11)12/h7-9,13H,3-6H2,1-2H3. The molecule has 4 unspecified atom stereocenters. The summed E-state index contributed by atoms with van der Waals surface area (Å²) in [6, 6.07) is 1.08. The van der Waals surface area contributed by atoms with Crippen molar-refractivity contribution in [1.82, 2.24) is 9.80 Å². The average molecular weight is 182 g/mol. The molecule has 0 aliphatic carbocycles. The third-order valence-corrected chi connectivity index (χ3v) is 4.67. The van der Waals surface area contributed by atoms with E-state index in [1.165, 1.54) is 13.0 Å². The van der Waals surface area contributed by atoms with Gasteiger partial charge in [0, 0.05) is 31.1 Å². The van der Waals surface area contributed by atoms with Crippen LogP contribution < -0.4 is 0 Å². The summed E-state index contributed by atoms with van der Waals surface area (Å²) in [7, 11) is 0. The van der Waals surface area contributed by atoms with Gasteiger partial charge in [0.25, 0.3) is 0 Å². The van der Waals surface area contributed by atoms with E-state index in [2.05, 4.69) is 23.6 Å². The maximum atomic E-state index is 9.28. The molecule has 0 amide bonds. The van der Waals surface area contributed by atoms with Crippen molar-refractivity contribution in [2.75, 3.05) is 19.7 Å². The van der Waals surface area contributed by atoms with Crippen molar-refractivity contribution in [3.8, 4) is 0 Å². The van der Waals surface area contributed by atoms with Crippen molar-refractivity contribution in [1.29, 1.82) is 0 Å². The summed E-state index contributed by atoms with van der Waals surface area (Å²) in [6.45, 7) is 7.30. The number of rotatable bonds is 1. The summed E-state index contributed by atoms with van der Waals surface area (Å²) in [4.78, 5) is 5.10. The molecule has 3 fully saturated rings. The van der Waals surface area contributed by atoms with Gasteiger partial charge >= 0.3 is 0 Å². The first-order chi connectivity index (χ1) is 6.21. The molecule has 3 heterocycles. The maximum Gasteiger partial charge on any atom is 0.0798 e. The minimum absolute atomic E-state index is 0.329. The van der Waals surface area contributed by atoms with E-state index in [1.807, 2.05) is 0 Å². The van der Waals surface area contributed by atoms with Crippen LogP contribution in [0.15, 0.2) is 0 Å². The van der Waals surface area contributed by atoms with Crippen molar-refractivity contribution in [3.05, 3.63) is 0 Å². The Hall–Kier alpha value is -0.120. The molecule has 1 spiro atoms. The monoisotopic (exact) mass is 182 g/mol. The van der Waals surface area contributed by atoms with E-state index in [0.29, 0.717) is 24.4 Å². The second-order valence-corrected chi connectivity index (χ2v) is 4.85. The lowest BCUT2D eigenvalue weighted by atomic mass is 9.70. The van der Waals surface area contributed by atoms with Crippen molar-refractivity contribution in [2.45, 2.75) is 38.0 Å². The molecule has 4 atom stereocenters. The first-order valence-electron chi connectivity index (χ1n) is 5.36. The third kappa shape index (κ3) is 0.661. The van der Waals surface area contributed by atoms with Crippen LogP contribution in [0.3, 0.4) is 0 Å². The Balaban J connectivity index is 1.91. The van der Waals surface area contributed by atoms with E-state index in [4.69, 9.17) is 0 Å². The molecular formula is C10H18N2O. The van der Waals surface area contributed by atoms with Crippen molar-refractivity contribution < 1.29 is 5.11 Å². The zero-order chi connectivity index (χ0) is 9.22. The summed E-state index contributed by atoms with van der Waals surface area (Å²) in [5, 5.41) is 9.28. The van der Waals surface area contributed by atoms with Crippen LogP contribution >= 0.6 is 0 Å². The number of aliphatic hydroxyl groups excluding tert-OH is 1. The maximum absolute atomic E-state index is 9.28. The smallest absolute Gasteiger partial charge is 0.0798 e. The van der Waals surface area contributed by atoms with Gasteiger partial charge in [0.15, 0.2) is 0 Å². The molecule has 3 heteroatoms. The summed E-state index contributed by atoms with van der Waals surface area (Å²) in [6.07, 6.45) is 1.31. The highest BCUT2D eigenvalue weighted by atomic mass is 16.3. The van der Waals surface area contributed by atoms with Crippen LogP contribution in [0.1, 0.15) is 20.3 Å². The quantitative estimate of drug-likeness (QED) is 0.623. The van der Waals surface area contributed by atoms with E-state index >= 15 is 0 Å². The highest BCUT2D eigenvalue weighted by molar-refractivity contribution is 5.20. The van der Waals surface area contributed by atoms with Gasteiger partial charge in [-0.25, -0.2) is 0 Å². The van der Waals surface area contributed by atoms with Crippen LogP contribution in [0.2, 0.25) is 0 Å².